The van der Waals surface area contributed by atoms with Gasteiger partial charge in [0.2, 0.25) is 0 Å². The second-order valence-electron chi connectivity index (χ2n) is 6.84. The Hall–Kier alpha value is -2.86. The highest BCUT2D eigenvalue weighted by molar-refractivity contribution is 6.06. The van der Waals surface area contributed by atoms with Gasteiger partial charge in [0.05, 0.1) is 12.1 Å². The average molecular weight is 368 g/mol. The maximum Gasteiger partial charge on any atom is 0.258 e. The molecule has 0 aliphatic heterocycles. The van der Waals surface area contributed by atoms with Gasteiger partial charge < -0.3 is 11.1 Å². The predicted octanol–water partition coefficient (Wildman–Crippen LogP) is 3.05. The number of rotatable bonds is 7. The zero-order valence-corrected chi connectivity index (χ0v) is 15.0. The first-order chi connectivity index (χ1) is 12.9. The standard InChI is InChI=1S/C21H21FN2O3/c1-12-7-18(22)17(9-15(12)10-19(25)13-5-6-13)21(27)24-16-4-2-3-14(8-16)20(26)11-23/h2-4,7-9,13H,5-6,10-11,23H2,1H3,(H,24,27). The van der Waals surface area contributed by atoms with Gasteiger partial charge in [-0.1, -0.05) is 12.1 Å². The van der Waals surface area contributed by atoms with Crippen LogP contribution >= 0.6 is 0 Å². The summed E-state index contributed by atoms with van der Waals surface area (Å²) >= 11 is 0. The predicted molar refractivity (Wildman–Crippen MR) is 100 cm³/mol. The number of hydrogen-bond acceptors (Lipinski definition) is 4. The van der Waals surface area contributed by atoms with E-state index in [1.807, 2.05) is 0 Å². The molecule has 1 fully saturated rings. The highest BCUT2D eigenvalue weighted by Crippen LogP contribution is 2.31. The first kappa shape index (κ1) is 18.9. The van der Waals surface area contributed by atoms with Crippen LogP contribution in [0.2, 0.25) is 0 Å². The number of carbonyl (C=O) groups excluding carboxylic acids is 3. The van der Waals surface area contributed by atoms with Gasteiger partial charge in [0.15, 0.2) is 5.78 Å². The van der Waals surface area contributed by atoms with Crippen LogP contribution in [0.1, 0.15) is 44.7 Å². The molecule has 1 aliphatic carbocycles. The number of anilines is 1. The Bertz CT molecular complexity index is 920. The highest BCUT2D eigenvalue weighted by atomic mass is 19.1. The lowest BCUT2D eigenvalue weighted by Crippen LogP contribution is -2.17. The molecular weight excluding hydrogens is 347 g/mol. The van der Waals surface area contributed by atoms with Crippen molar-refractivity contribution in [1.29, 1.82) is 0 Å². The molecule has 0 aromatic heterocycles. The van der Waals surface area contributed by atoms with Gasteiger partial charge in [-0.25, -0.2) is 4.39 Å². The van der Waals surface area contributed by atoms with Gasteiger partial charge in [-0.2, -0.15) is 0 Å². The summed E-state index contributed by atoms with van der Waals surface area (Å²) in [5.74, 6) is -1.31. The Balaban J connectivity index is 1.81. The first-order valence-electron chi connectivity index (χ1n) is 8.85. The molecule has 1 saturated carbocycles. The third-order valence-corrected chi connectivity index (χ3v) is 4.70. The maximum absolute atomic E-state index is 14.3. The fourth-order valence-electron chi connectivity index (χ4n) is 2.91. The molecule has 27 heavy (non-hydrogen) atoms. The van der Waals surface area contributed by atoms with E-state index in [-0.39, 0.29) is 36.0 Å². The monoisotopic (exact) mass is 368 g/mol. The molecule has 3 rings (SSSR count). The fourth-order valence-corrected chi connectivity index (χ4v) is 2.91. The summed E-state index contributed by atoms with van der Waals surface area (Å²) in [7, 11) is 0. The van der Waals surface area contributed by atoms with Gasteiger partial charge in [-0.3, -0.25) is 14.4 Å². The molecule has 3 N–H and O–H groups in total. The maximum atomic E-state index is 14.3. The molecular formula is C21H21FN2O3. The van der Waals surface area contributed by atoms with Crippen molar-refractivity contribution in [1.82, 2.24) is 0 Å². The second-order valence-corrected chi connectivity index (χ2v) is 6.84. The van der Waals surface area contributed by atoms with Gasteiger partial charge >= 0.3 is 0 Å². The molecule has 2 aromatic rings. The lowest BCUT2D eigenvalue weighted by Gasteiger charge is -2.11. The van der Waals surface area contributed by atoms with E-state index in [9.17, 15) is 18.8 Å². The van der Waals surface area contributed by atoms with Crippen molar-refractivity contribution in [3.8, 4) is 0 Å². The third-order valence-electron chi connectivity index (χ3n) is 4.70. The number of nitrogens with one attached hydrogen (secondary N) is 1. The molecule has 6 heteroatoms. The third kappa shape index (κ3) is 4.46. The van der Waals surface area contributed by atoms with Crippen molar-refractivity contribution in [2.45, 2.75) is 26.2 Å². The minimum Gasteiger partial charge on any atom is -0.324 e. The Morgan fingerprint density at radius 3 is 2.59 bits per heavy atom. The molecule has 5 nitrogen and oxygen atoms in total. The van der Waals surface area contributed by atoms with Gasteiger partial charge in [0.1, 0.15) is 11.6 Å². The number of Topliss-reactive ketones (excluding diaryl/α,β-unsaturated/α-hetero) is 2. The normalized spacial score (nSPS) is 13.3. The topological polar surface area (TPSA) is 89.3 Å². The molecule has 0 saturated heterocycles. The van der Waals surface area contributed by atoms with Gasteiger partial charge in [0, 0.05) is 23.6 Å². The SMILES string of the molecule is Cc1cc(F)c(C(=O)Nc2cccc(C(=O)CN)c2)cc1CC(=O)C1CC1. The number of carbonyl (C=O) groups is 3. The van der Waals surface area contributed by atoms with E-state index in [2.05, 4.69) is 5.32 Å². The molecule has 0 spiro atoms. The Morgan fingerprint density at radius 2 is 1.93 bits per heavy atom. The zero-order chi connectivity index (χ0) is 19.6. The van der Waals surface area contributed by atoms with Crippen molar-refractivity contribution in [2.75, 3.05) is 11.9 Å². The van der Waals surface area contributed by atoms with Gasteiger partial charge in [-0.15, -0.1) is 0 Å². The Labute approximate surface area is 156 Å². The number of nitrogens with two attached hydrogens (primary N) is 1. The number of ketones is 2. The minimum atomic E-state index is -0.651. The lowest BCUT2D eigenvalue weighted by molar-refractivity contribution is -0.119. The molecule has 140 valence electrons. The highest BCUT2D eigenvalue weighted by Gasteiger charge is 2.29. The summed E-state index contributed by atoms with van der Waals surface area (Å²) in [5.41, 5.74) is 7.26. The smallest absolute Gasteiger partial charge is 0.258 e. The number of aryl methyl sites for hydroxylation is 1. The van der Waals surface area contributed by atoms with Crippen molar-refractivity contribution >= 4 is 23.2 Å². The number of amides is 1. The largest absolute Gasteiger partial charge is 0.324 e. The van der Waals surface area contributed by atoms with E-state index in [0.717, 1.165) is 12.8 Å². The van der Waals surface area contributed by atoms with Crippen molar-refractivity contribution < 1.29 is 18.8 Å². The lowest BCUT2D eigenvalue weighted by atomic mass is 9.98. The molecule has 0 heterocycles. The molecule has 0 bridgehead atoms. The van der Waals surface area contributed by atoms with Crippen LogP contribution in [0.4, 0.5) is 10.1 Å². The summed E-state index contributed by atoms with van der Waals surface area (Å²) in [4.78, 5) is 36.3. The number of hydrogen-bond donors (Lipinski definition) is 2. The summed E-state index contributed by atoms with van der Waals surface area (Å²) < 4.78 is 14.3. The molecule has 0 radical (unpaired) electrons. The van der Waals surface area contributed by atoms with E-state index >= 15 is 0 Å². The van der Waals surface area contributed by atoms with Crippen molar-refractivity contribution in [3.63, 3.8) is 0 Å². The summed E-state index contributed by atoms with van der Waals surface area (Å²) in [6.07, 6.45) is 2.02. The Kier molecular flexibility index (Phi) is 5.46. The molecule has 2 aromatic carbocycles. The summed E-state index contributed by atoms with van der Waals surface area (Å²) in [6, 6.07) is 9.03. The van der Waals surface area contributed by atoms with Crippen LogP contribution in [0.25, 0.3) is 0 Å². The van der Waals surface area contributed by atoms with Crippen LogP contribution in [0, 0.1) is 18.7 Å². The fraction of sp³-hybridized carbons (Fsp3) is 0.286. The van der Waals surface area contributed by atoms with Crippen LogP contribution < -0.4 is 11.1 Å². The Morgan fingerprint density at radius 1 is 1.19 bits per heavy atom. The van der Waals surface area contributed by atoms with Crippen molar-refractivity contribution in [3.05, 3.63) is 64.5 Å². The summed E-state index contributed by atoms with van der Waals surface area (Å²) in [6.45, 7) is 1.59. The number of halogens is 1. The van der Waals surface area contributed by atoms with Gasteiger partial charge in [-0.05, 0) is 55.2 Å². The van der Waals surface area contributed by atoms with E-state index in [0.29, 0.717) is 22.4 Å². The molecule has 1 aliphatic rings. The zero-order valence-electron chi connectivity index (χ0n) is 15.0. The van der Waals surface area contributed by atoms with Crippen LogP contribution in [-0.4, -0.2) is 24.0 Å². The van der Waals surface area contributed by atoms with Gasteiger partial charge in [0.25, 0.3) is 5.91 Å². The van der Waals surface area contributed by atoms with Crippen LogP contribution in [0.15, 0.2) is 36.4 Å². The van der Waals surface area contributed by atoms with Crippen LogP contribution in [-0.2, 0) is 11.2 Å². The van der Waals surface area contributed by atoms with Crippen LogP contribution in [0.3, 0.4) is 0 Å². The minimum absolute atomic E-state index is 0.106. The number of benzene rings is 2. The summed E-state index contributed by atoms with van der Waals surface area (Å²) in [5, 5.41) is 2.60. The quantitative estimate of drug-likeness (QED) is 0.735. The van der Waals surface area contributed by atoms with E-state index in [4.69, 9.17) is 5.73 Å². The first-order valence-corrected chi connectivity index (χ1v) is 8.85. The van der Waals surface area contributed by atoms with Crippen LogP contribution in [0.5, 0.6) is 0 Å². The average Bonchev–Trinajstić information content (AvgIpc) is 3.48. The van der Waals surface area contributed by atoms with E-state index < -0.39 is 11.7 Å². The van der Waals surface area contributed by atoms with Crippen molar-refractivity contribution in [2.24, 2.45) is 11.7 Å². The molecule has 0 atom stereocenters. The second kappa shape index (κ2) is 7.80. The molecule has 1 amide bonds. The van der Waals surface area contributed by atoms with E-state index in [1.54, 1.807) is 25.1 Å². The molecule has 0 unspecified atom stereocenters. The van der Waals surface area contributed by atoms with E-state index in [1.165, 1.54) is 18.2 Å².